The van der Waals surface area contributed by atoms with E-state index in [4.69, 9.17) is 9.47 Å². The van der Waals surface area contributed by atoms with E-state index in [1.165, 1.54) is 38.5 Å². The Morgan fingerprint density at radius 3 is 2.30 bits per heavy atom. The van der Waals surface area contributed by atoms with Gasteiger partial charge in [0.15, 0.2) is 0 Å². The molecule has 156 valence electrons. The minimum absolute atomic E-state index is 0.0201. The molecule has 7 nitrogen and oxygen atoms in total. The van der Waals surface area contributed by atoms with Gasteiger partial charge in [-0.3, -0.25) is 9.52 Å². The summed E-state index contributed by atoms with van der Waals surface area (Å²) in [6, 6.07) is 17.8. The van der Waals surface area contributed by atoms with Crippen molar-refractivity contribution in [2.24, 2.45) is 0 Å². The van der Waals surface area contributed by atoms with E-state index in [0.29, 0.717) is 22.9 Å². The number of hydrogen-bond donors (Lipinski definition) is 2. The van der Waals surface area contributed by atoms with Crippen molar-refractivity contribution in [3.63, 3.8) is 0 Å². The molecule has 0 aliphatic carbocycles. The highest BCUT2D eigenvalue weighted by atomic mass is 32.2. The van der Waals surface area contributed by atoms with Crippen LogP contribution in [0.15, 0.2) is 71.6 Å². The second-order valence-corrected chi connectivity index (χ2v) is 8.20. The maximum Gasteiger partial charge on any atom is 0.261 e. The summed E-state index contributed by atoms with van der Waals surface area (Å²) in [7, 11) is -0.849. The normalized spacial score (nSPS) is 10.9. The number of anilines is 2. The molecule has 3 rings (SSSR count). The molecule has 0 bridgehead atoms. The van der Waals surface area contributed by atoms with Gasteiger partial charge in [0.25, 0.3) is 15.9 Å². The van der Waals surface area contributed by atoms with Gasteiger partial charge in [-0.2, -0.15) is 0 Å². The SMILES string of the molecule is COc1ccc(OC)c(NC(=O)c2cccc(S(=O)(=O)Nc3ccc(C)cc3)c2)c1. The van der Waals surface area contributed by atoms with Gasteiger partial charge in [-0.25, -0.2) is 8.42 Å². The van der Waals surface area contributed by atoms with E-state index >= 15 is 0 Å². The molecule has 0 radical (unpaired) electrons. The average molecular weight is 426 g/mol. The predicted molar refractivity (Wildman–Crippen MR) is 116 cm³/mol. The standard InChI is InChI=1S/C22H22N2O5S/c1-15-7-9-17(10-8-15)24-30(26,27)19-6-4-5-16(13-19)22(25)23-20-14-18(28-2)11-12-21(20)29-3/h4-14,24H,1-3H3,(H,23,25). The lowest BCUT2D eigenvalue weighted by Crippen LogP contribution is -2.16. The van der Waals surface area contributed by atoms with Gasteiger partial charge >= 0.3 is 0 Å². The predicted octanol–water partition coefficient (Wildman–Crippen LogP) is 4.07. The quantitative estimate of drug-likeness (QED) is 0.594. The molecule has 8 heteroatoms. The number of nitrogens with one attached hydrogen (secondary N) is 2. The molecule has 1 amide bonds. The van der Waals surface area contributed by atoms with Gasteiger partial charge in [0.1, 0.15) is 11.5 Å². The van der Waals surface area contributed by atoms with Crippen molar-refractivity contribution in [2.45, 2.75) is 11.8 Å². The van der Waals surface area contributed by atoms with Crippen LogP contribution in [0.2, 0.25) is 0 Å². The molecule has 0 heterocycles. The molecule has 3 aromatic rings. The second-order valence-electron chi connectivity index (χ2n) is 6.52. The average Bonchev–Trinajstić information content (AvgIpc) is 2.75. The maximum absolute atomic E-state index is 12.7. The third-order valence-electron chi connectivity index (χ3n) is 4.37. The molecule has 0 spiro atoms. The molecule has 30 heavy (non-hydrogen) atoms. The summed E-state index contributed by atoms with van der Waals surface area (Å²) in [6.07, 6.45) is 0. The number of ether oxygens (including phenoxy) is 2. The van der Waals surface area contributed by atoms with Crippen LogP contribution in [0.1, 0.15) is 15.9 Å². The molecule has 2 N–H and O–H groups in total. The minimum Gasteiger partial charge on any atom is -0.497 e. The number of hydrogen-bond acceptors (Lipinski definition) is 5. The van der Waals surface area contributed by atoms with Gasteiger partial charge in [0.2, 0.25) is 0 Å². The van der Waals surface area contributed by atoms with Crippen LogP contribution in [0.5, 0.6) is 11.5 Å². The zero-order chi connectivity index (χ0) is 21.7. The Labute approximate surface area is 175 Å². The van der Waals surface area contributed by atoms with E-state index < -0.39 is 15.9 Å². The van der Waals surface area contributed by atoms with Crippen molar-refractivity contribution < 1.29 is 22.7 Å². The van der Waals surface area contributed by atoms with E-state index in [0.717, 1.165) is 5.56 Å². The van der Waals surface area contributed by atoms with Crippen LogP contribution < -0.4 is 19.5 Å². The fraction of sp³-hybridized carbons (Fsp3) is 0.136. The first-order valence-electron chi connectivity index (χ1n) is 9.05. The van der Waals surface area contributed by atoms with Crippen LogP contribution in [0, 0.1) is 6.92 Å². The lowest BCUT2D eigenvalue weighted by molar-refractivity contribution is 0.102. The zero-order valence-electron chi connectivity index (χ0n) is 16.8. The van der Waals surface area contributed by atoms with Crippen molar-refractivity contribution in [1.29, 1.82) is 0 Å². The van der Waals surface area contributed by atoms with Gasteiger partial charge in [-0.05, 0) is 49.4 Å². The Kier molecular flexibility index (Phi) is 6.27. The first-order chi connectivity index (χ1) is 14.3. The number of carbonyl (C=O) groups excluding carboxylic acids is 1. The first kappa shape index (κ1) is 21.2. The number of aryl methyl sites for hydroxylation is 1. The highest BCUT2D eigenvalue weighted by Crippen LogP contribution is 2.29. The minimum atomic E-state index is -3.85. The second kappa shape index (κ2) is 8.87. The number of carbonyl (C=O) groups is 1. The van der Waals surface area contributed by atoms with E-state index in [1.807, 2.05) is 19.1 Å². The smallest absolute Gasteiger partial charge is 0.261 e. The van der Waals surface area contributed by atoms with Gasteiger partial charge in [0.05, 0.1) is 24.8 Å². The largest absolute Gasteiger partial charge is 0.497 e. The molecular formula is C22H22N2O5S. The van der Waals surface area contributed by atoms with Crippen molar-refractivity contribution in [2.75, 3.05) is 24.3 Å². The van der Waals surface area contributed by atoms with Crippen LogP contribution >= 0.6 is 0 Å². The summed E-state index contributed by atoms with van der Waals surface area (Å²) >= 11 is 0. The molecule has 0 atom stereocenters. The maximum atomic E-state index is 12.7. The summed E-state index contributed by atoms with van der Waals surface area (Å²) in [5, 5.41) is 2.73. The summed E-state index contributed by atoms with van der Waals surface area (Å²) < 4.78 is 38.4. The Morgan fingerprint density at radius 1 is 0.900 bits per heavy atom. The highest BCUT2D eigenvalue weighted by molar-refractivity contribution is 7.92. The van der Waals surface area contributed by atoms with Crippen LogP contribution in [-0.4, -0.2) is 28.5 Å². The summed E-state index contributed by atoms with van der Waals surface area (Å²) in [5.41, 5.74) is 2.06. The molecular weight excluding hydrogens is 404 g/mol. The lowest BCUT2D eigenvalue weighted by Gasteiger charge is -2.13. The van der Waals surface area contributed by atoms with E-state index in [-0.39, 0.29) is 10.5 Å². The number of benzene rings is 3. The number of rotatable bonds is 7. The Hall–Kier alpha value is -3.52. The van der Waals surface area contributed by atoms with Crippen molar-refractivity contribution in [3.8, 4) is 11.5 Å². The summed E-state index contributed by atoms with van der Waals surface area (Å²) in [4.78, 5) is 12.7. The van der Waals surface area contributed by atoms with Gasteiger partial charge in [0, 0.05) is 17.3 Å². The van der Waals surface area contributed by atoms with Crippen molar-refractivity contribution in [1.82, 2.24) is 0 Å². The molecule has 3 aromatic carbocycles. The molecule has 0 aliphatic rings. The highest BCUT2D eigenvalue weighted by Gasteiger charge is 2.17. The molecule has 0 fully saturated rings. The van der Waals surface area contributed by atoms with Crippen molar-refractivity contribution in [3.05, 3.63) is 77.9 Å². The van der Waals surface area contributed by atoms with E-state index in [2.05, 4.69) is 10.0 Å². The fourth-order valence-electron chi connectivity index (χ4n) is 2.75. The lowest BCUT2D eigenvalue weighted by atomic mass is 10.2. The Bertz CT molecular complexity index is 1160. The molecule has 0 aromatic heterocycles. The zero-order valence-corrected chi connectivity index (χ0v) is 17.6. The van der Waals surface area contributed by atoms with E-state index in [1.54, 1.807) is 30.3 Å². The third-order valence-corrected chi connectivity index (χ3v) is 5.74. The fourth-order valence-corrected chi connectivity index (χ4v) is 3.85. The molecule has 0 saturated carbocycles. The van der Waals surface area contributed by atoms with Crippen LogP contribution in [-0.2, 0) is 10.0 Å². The van der Waals surface area contributed by atoms with Crippen LogP contribution in [0.3, 0.4) is 0 Å². The van der Waals surface area contributed by atoms with Crippen LogP contribution in [0.25, 0.3) is 0 Å². The van der Waals surface area contributed by atoms with Gasteiger partial charge in [-0.1, -0.05) is 23.8 Å². The van der Waals surface area contributed by atoms with Gasteiger partial charge in [-0.15, -0.1) is 0 Å². The first-order valence-corrected chi connectivity index (χ1v) is 10.5. The Morgan fingerprint density at radius 2 is 1.63 bits per heavy atom. The van der Waals surface area contributed by atoms with Crippen LogP contribution in [0.4, 0.5) is 11.4 Å². The Balaban J connectivity index is 1.84. The number of sulfonamides is 1. The third kappa shape index (κ3) is 4.90. The topological polar surface area (TPSA) is 93.7 Å². The molecule has 0 aliphatic heterocycles. The molecule has 0 unspecified atom stereocenters. The molecule has 0 saturated heterocycles. The van der Waals surface area contributed by atoms with E-state index in [9.17, 15) is 13.2 Å². The summed E-state index contributed by atoms with van der Waals surface area (Å²) in [5.74, 6) is 0.521. The summed E-state index contributed by atoms with van der Waals surface area (Å²) in [6.45, 7) is 1.91. The van der Waals surface area contributed by atoms with Crippen molar-refractivity contribution >= 4 is 27.3 Å². The number of methoxy groups -OCH3 is 2. The monoisotopic (exact) mass is 426 g/mol. The van der Waals surface area contributed by atoms with Gasteiger partial charge < -0.3 is 14.8 Å². The number of amides is 1.